The van der Waals surface area contributed by atoms with Gasteiger partial charge in [0, 0.05) is 19.1 Å². The molecule has 3 atom stereocenters. The molecule has 2 rings (SSSR count). The molecule has 4 heteroatoms. The fraction of sp³-hybridized carbons (Fsp3) is 0.941. The van der Waals surface area contributed by atoms with Crippen molar-refractivity contribution in [3.63, 3.8) is 0 Å². The van der Waals surface area contributed by atoms with Crippen molar-refractivity contribution in [2.75, 3.05) is 19.6 Å². The molecule has 0 spiro atoms. The van der Waals surface area contributed by atoms with E-state index in [0.717, 1.165) is 19.6 Å². The lowest BCUT2D eigenvalue weighted by atomic mass is 9.67. The smallest absolute Gasteiger partial charge is 0.240 e. The molecule has 4 nitrogen and oxygen atoms in total. The van der Waals surface area contributed by atoms with Crippen LogP contribution in [0.2, 0.25) is 0 Å². The van der Waals surface area contributed by atoms with Crippen LogP contribution < -0.4 is 11.1 Å². The summed E-state index contributed by atoms with van der Waals surface area (Å²) in [4.78, 5) is 14.7. The predicted molar refractivity (Wildman–Crippen MR) is 86.9 cm³/mol. The number of amides is 1. The Hall–Kier alpha value is -0.610. The van der Waals surface area contributed by atoms with Crippen LogP contribution in [0.25, 0.3) is 0 Å². The number of hydrogen-bond donors (Lipinski definition) is 2. The molecule has 2 fully saturated rings. The number of nitrogens with one attached hydrogen (secondary N) is 1. The largest absolute Gasteiger partial charge is 0.353 e. The summed E-state index contributed by atoms with van der Waals surface area (Å²) in [5.41, 5.74) is 5.96. The third kappa shape index (κ3) is 3.26. The third-order valence-corrected chi connectivity index (χ3v) is 5.80. The Labute approximate surface area is 129 Å². The van der Waals surface area contributed by atoms with Gasteiger partial charge in [-0.05, 0) is 56.9 Å². The second-order valence-electron chi connectivity index (χ2n) is 8.45. The van der Waals surface area contributed by atoms with Gasteiger partial charge in [0.05, 0.1) is 5.54 Å². The molecule has 0 radical (unpaired) electrons. The molecule has 0 aromatic carbocycles. The lowest BCUT2D eigenvalue weighted by molar-refractivity contribution is -0.139. The number of rotatable bonds is 2. The Balaban J connectivity index is 2.22. The van der Waals surface area contributed by atoms with Crippen LogP contribution in [0.3, 0.4) is 0 Å². The molecule has 1 amide bonds. The Morgan fingerprint density at radius 3 is 2.57 bits per heavy atom. The van der Waals surface area contributed by atoms with Gasteiger partial charge in [0.2, 0.25) is 5.91 Å². The van der Waals surface area contributed by atoms with E-state index in [1.807, 2.05) is 0 Å². The Morgan fingerprint density at radius 2 is 2.00 bits per heavy atom. The van der Waals surface area contributed by atoms with Crippen molar-refractivity contribution < 1.29 is 4.79 Å². The lowest BCUT2D eigenvalue weighted by Crippen LogP contribution is -2.66. The highest BCUT2D eigenvalue weighted by Crippen LogP contribution is 2.43. The van der Waals surface area contributed by atoms with Gasteiger partial charge in [0.15, 0.2) is 0 Å². The maximum atomic E-state index is 12.3. The zero-order chi connectivity index (χ0) is 15.8. The van der Waals surface area contributed by atoms with Crippen LogP contribution in [0.1, 0.15) is 53.9 Å². The van der Waals surface area contributed by atoms with E-state index in [-0.39, 0.29) is 5.91 Å². The molecular weight excluding hydrogens is 262 g/mol. The van der Waals surface area contributed by atoms with Gasteiger partial charge in [0.25, 0.3) is 0 Å². The van der Waals surface area contributed by atoms with Crippen molar-refractivity contribution in [2.24, 2.45) is 23.0 Å². The summed E-state index contributed by atoms with van der Waals surface area (Å²) in [6, 6.07) is 0.439. The minimum atomic E-state index is -0.421. The topological polar surface area (TPSA) is 58.4 Å². The summed E-state index contributed by atoms with van der Waals surface area (Å²) in [6.07, 6.45) is 3.63. The number of hydrogen-bond acceptors (Lipinski definition) is 3. The Bertz CT molecular complexity index is 386. The minimum absolute atomic E-state index is 0.155. The molecule has 1 saturated heterocycles. The van der Waals surface area contributed by atoms with Crippen LogP contribution in [-0.4, -0.2) is 42.0 Å². The highest BCUT2D eigenvalue weighted by atomic mass is 16.2. The summed E-state index contributed by atoms with van der Waals surface area (Å²) in [7, 11) is 0. The highest BCUT2D eigenvalue weighted by Gasteiger charge is 2.46. The zero-order valence-electron chi connectivity index (χ0n) is 14.4. The molecule has 21 heavy (non-hydrogen) atoms. The molecule has 1 heterocycles. The fourth-order valence-corrected chi connectivity index (χ4v) is 4.15. The maximum Gasteiger partial charge on any atom is 0.240 e. The van der Waals surface area contributed by atoms with E-state index in [9.17, 15) is 4.79 Å². The molecule has 3 unspecified atom stereocenters. The Morgan fingerprint density at radius 1 is 1.33 bits per heavy atom. The van der Waals surface area contributed by atoms with E-state index in [2.05, 4.69) is 44.8 Å². The molecule has 0 aromatic heterocycles. The summed E-state index contributed by atoms with van der Waals surface area (Å²) in [5.74, 6) is 1.39. The standard InChI is InChI=1S/C17H33N3O/c1-16(2,3)13-7-6-12(11-18)14(10-13)20-9-8-19-15(21)17(20,4)5/h12-14H,6-11,18H2,1-5H3,(H,19,21). The predicted octanol–water partition coefficient (Wildman–Crippen LogP) is 1.99. The van der Waals surface area contributed by atoms with Crippen LogP contribution in [0, 0.1) is 17.3 Å². The van der Waals surface area contributed by atoms with Crippen molar-refractivity contribution >= 4 is 5.91 Å². The molecule has 0 aromatic rings. The van der Waals surface area contributed by atoms with Gasteiger partial charge >= 0.3 is 0 Å². The van der Waals surface area contributed by atoms with E-state index < -0.39 is 5.54 Å². The molecule has 122 valence electrons. The molecular formula is C17H33N3O. The first-order valence-electron chi connectivity index (χ1n) is 8.43. The van der Waals surface area contributed by atoms with Crippen LogP contribution in [-0.2, 0) is 4.79 Å². The third-order valence-electron chi connectivity index (χ3n) is 5.80. The van der Waals surface area contributed by atoms with E-state index in [1.54, 1.807) is 0 Å². The second kappa shape index (κ2) is 5.88. The number of carbonyl (C=O) groups excluding carboxylic acids is 1. The summed E-state index contributed by atoms with van der Waals surface area (Å²) < 4.78 is 0. The summed E-state index contributed by atoms with van der Waals surface area (Å²) in [6.45, 7) is 13.6. The first kappa shape index (κ1) is 16.8. The molecule has 1 saturated carbocycles. The number of nitrogens with zero attached hydrogens (tertiary/aromatic N) is 1. The van der Waals surface area contributed by atoms with E-state index in [0.29, 0.717) is 23.3 Å². The normalized spacial score (nSPS) is 34.6. The van der Waals surface area contributed by atoms with Crippen molar-refractivity contribution in [3.8, 4) is 0 Å². The summed E-state index contributed by atoms with van der Waals surface area (Å²) in [5, 5.41) is 3.00. The van der Waals surface area contributed by atoms with Crippen LogP contribution in [0.5, 0.6) is 0 Å². The van der Waals surface area contributed by atoms with E-state index in [4.69, 9.17) is 5.73 Å². The average Bonchev–Trinajstić information content (AvgIpc) is 2.40. The molecule has 3 N–H and O–H groups in total. The molecule has 2 aliphatic rings. The first-order valence-corrected chi connectivity index (χ1v) is 8.43. The Kier molecular flexibility index (Phi) is 4.69. The number of piperazine rings is 1. The monoisotopic (exact) mass is 295 g/mol. The molecule has 1 aliphatic heterocycles. The van der Waals surface area contributed by atoms with Crippen LogP contribution >= 0.6 is 0 Å². The van der Waals surface area contributed by atoms with Crippen LogP contribution in [0.4, 0.5) is 0 Å². The quantitative estimate of drug-likeness (QED) is 0.819. The van der Waals surface area contributed by atoms with E-state index >= 15 is 0 Å². The zero-order valence-corrected chi connectivity index (χ0v) is 14.4. The van der Waals surface area contributed by atoms with Gasteiger partial charge in [0.1, 0.15) is 0 Å². The van der Waals surface area contributed by atoms with Gasteiger partial charge in [-0.1, -0.05) is 20.8 Å². The summed E-state index contributed by atoms with van der Waals surface area (Å²) >= 11 is 0. The molecule has 1 aliphatic carbocycles. The SMILES string of the molecule is CC(C)(C)C1CCC(CN)C(N2CCNC(=O)C2(C)C)C1. The van der Waals surface area contributed by atoms with Crippen LogP contribution in [0.15, 0.2) is 0 Å². The van der Waals surface area contributed by atoms with Gasteiger partial charge in [-0.3, -0.25) is 9.69 Å². The lowest BCUT2D eigenvalue weighted by Gasteiger charge is -2.52. The van der Waals surface area contributed by atoms with E-state index in [1.165, 1.54) is 19.3 Å². The second-order valence-corrected chi connectivity index (χ2v) is 8.45. The van der Waals surface area contributed by atoms with Crippen molar-refractivity contribution in [2.45, 2.75) is 65.5 Å². The number of nitrogens with two attached hydrogens (primary N) is 1. The highest BCUT2D eigenvalue weighted by molar-refractivity contribution is 5.86. The number of carbonyl (C=O) groups is 1. The van der Waals surface area contributed by atoms with Gasteiger partial charge in [-0.15, -0.1) is 0 Å². The molecule has 0 bridgehead atoms. The fourth-order valence-electron chi connectivity index (χ4n) is 4.15. The van der Waals surface area contributed by atoms with Crippen molar-refractivity contribution in [3.05, 3.63) is 0 Å². The first-order chi connectivity index (χ1) is 9.67. The van der Waals surface area contributed by atoms with Gasteiger partial charge in [-0.2, -0.15) is 0 Å². The van der Waals surface area contributed by atoms with Gasteiger partial charge < -0.3 is 11.1 Å². The average molecular weight is 295 g/mol. The van der Waals surface area contributed by atoms with Gasteiger partial charge in [-0.25, -0.2) is 0 Å². The van der Waals surface area contributed by atoms with Crippen molar-refractivity contribution in [1.29, 1.82) is 0 Å². The minimum Gasteiger partial charge on any atom is -0.353 e. The maximum absolute atomic E-state index is 12.3. The van der Waals surface area contributed by atoms with Crippen molar-refractivity contribution in [1.82, 2.24) is 10.2 Å².